The number of hydrogen-bond acceptors (Lipinski definition) is 1. The number of methoxy groups -OCH3 is 1. The second kappa shape index (κ2) is 7.44. The Morgan fingerprint density at radius 1 is 1.16 bits per heavy atom. The first-order valence-corrected chi connectivity index (χ1v) is 7.16. The molecule has 1 fully saturated rings. The fraction of sp³-hybridized carbons (Fsp3) is 0.529. The van der Waals surface area contributed by atoms with Crippen molar-refractivity contribution in [1.29, 1.82) is 0 Å². The van der Waals surface area contributed by atoms with E-state index in [0.717, 1.165) is 12.5 Å². The molecular weight excluding hydrogens is 239 g/mol. The van der Waals surface area contributed by atoms with Gasteiger partial charge in [0.2, 0.25) is 0 Å². The summed E-state index contributed by atoms with van der Waals surface area (Å²) < 4.78 is 17.2. The SMILES string of the molecule is COC[C@H]1CC[C@H](c2ccc(CC=CF)cc2)CC1. The molecular formula is C17H23FO. The minimum Gasteiger partial charge on any atom is -0.384 e. The van der Waals surface area contributed by atoms with Crippen molar-refractivity contribution in [3.8, 4) is 0 Å². The lowest BCUT2D eigenvalue weighted by molar-refractivity contribution is 0.127. The lowest BCUT2D eigenvalue weighted by Gasteiger charge is -2.28. The minimum atomic E-state index is 0.616. The summed E-state index contributed by atoms with van der Waals surface area (Å²) in [6, 6.07) is 8.67. The molecule has 0 aliphatic heterocycles. The Balaban J connectivity index is 1.89. The quantitative estimate of drug-likeness (QED) is 0.751. The highest BCUT2D eigenvalue weighted by molar-refractivity contribution is 5.27. The van der Waals surface area contributed by atoms with Gasteiger partial charge in [-0.1, -0.05) is 30.3 Å². The topological polar surface area (TPSA) is 9.23 Å². The van der Waals surface area contributed by atoms with Gasteiger partial charge in [-0.15, -0.1) is 0 Å². The van der Waals surface area contributed by atoms with Crippen LogP contribution in [0.15, 0.2) is 36.7 Å². The summed E-state index contributed by atoms with van der Waals surface area (Å²) >= 11 is 0. The van der Waals surface area contributed by atoms with Crippen molar-refractivity contribution >= 4 is 0 Å². The minimum absolute atomic E-state index is 0.616. The molecule has 0 heterocycles. The van der Waals surface area contributed by atoms with Crippen molar-refractivity contribution < 1.29 is 9.13 Å². The molecule has 1 aromatic rings. The van der Waals surface area contributed by atoms with Crippen LogP contribution < -0.4 is 0 Å². The highest BCUT2D eigenvalue weighted by Gasteiger charge is 2.21. The molecule has 1 aromatic carbocycles. The van der Waals surface area contributed by atoms with Crippen LogP contribution in [0.25, 0.3) is 0 Å². The molecule has 0 radical (unpaired) electrons. The lowest BCUT2D eigenvalue weighted by atomic mass is 9.79. The van der Waals surface area contributed by atoms with Crippen LogP contribution in [0.5, 0.6) is 0 Å². The molecule has 0 atom stereocenters. The van der Waals surface area contributed by atoms with Crippen LogP contribution in [0, 0.1) is 5.92 Å². The summed E-state index contributed by atoms with van der Waals surface area (Å²) in [5, 5.41) is 0. The zero-order valence-electron chi connectivity index (χ0n) is 11.6. The number of halogens is 1. The maximum Gasteiger partial charge on any atom is 0.0830 e. The summed E-state index contributed by atoms with van der Waals surface area (Å²) in [7, 11) is 1.79. The zero-order valence-corrected chi connectivity index (χ0v) is 11.6. The Morgan fingerprint density at radius 2 is 1.84 bits per heavy atom. The maximum absolute atomic E-state index is 12.0. The van der Waals surface area contributed by atoms with Gasteiger partial charge in [-0.2, -0.15) is 0 Å². The average molecular weight is 262 g/mol. The molecule has 104 valence electrons. The van der Waals surface area contributed by atoms with E-state index < -0.39 is 0 Å². The Bertz CT molecular complexity index is 388. The highest BCUT2D eigenvalue weighted by atomic mass is 19.1. The van der Waals surface area contributed by atoms with Gasteiger partial charge in [0.15, 0.2) is 0 Å². The van der Waals surface area contributed by atoms with Crippen molar-refractivity contribution in [2.45, 2.75) is 38.0 Å². The monoisotopic (exact) mass is 262 g/mol. The third-order valence-electron chi connectivity index (χ3n) is 4.14. The van der Waals surface area contributed by atoms with Crippen LogP contribution in [0.1, 0.15) is 42.7 Å². The molecule has 0 N–H and O–H groups in total. The van der Waals surface area contributed by atoms with E-state index in [1.54, 1.807) is 13.2 Å². The van der Waals surface area contributed by atoms with E-state index in [-0.39, 0.29) is 0 Å². The summed E-state index contributed by atoms with van der Waals surface area (Å²) in [6.07, 6.45) is 7.90. The summed E-state index contributed by atoms with van der Waals surface area (Å²) in [6.45, 7) is 0.904. The van der Waals surface area contributed by atoms with Crippen molar-refractivity contribution in [2.75, 3.05) is 13.7 Å². The molecule has 1 aliphatic carbocycles. The van der Waals surface area contributed by atoms with Crippen molar-refractivity contribution in [3.05, 3.63) is 47.8 Å². The van der Waals surface area contributed by atoms with Gasteiger partial charge in [0.25, 0.3) is 0 Å². The maximum atomic E-state index is 12.0. The molecule has 0 amide bonds. The fourth-order valence-corrected chi connectivity index (χ4v) is 3.00. The van der Waals surface area contributed by atoms with Crippen LogP contribution >= 0.6 is 0 Å². The second-order valence-corrected chi connectivity index (χ2v) is 5.48. The summed E-state index contributed by atoms with van der Waals surface area (Å²) in [4.78, 5) is 0. The molecule has 2 heteroatoms. The van der Waals surface area contributed by atoms with Gasteiger partial charge in [0.05, 0.1) is 6.33 Å². The number of benzene rings is 1. The van der Waals surface area contributed by atoms with E-state index >= 15 is 0 Å². The summed E-state index contributed by atoms with van der Waals surface area (Å²) in [5.74, 6) is 1.44. The average Bonchev–Trinajstić information content (AvgIpc) is 2.47. The first kappa shape index (κ1) is 14.3. The van der Waals surface area contributed by atoms with E-state index in [1.165, 1.54) is 36.8 Å². The van der Waals surface area contributed by atoms with Crippen molar-refractivity contribution in [1.82, 2.24) is 0 Å². The molecule has 0 spiro atoms. The predicted octanol–water partition coefficient (Wildman–Crippen LogP) is 4.63. The van der Waals surface area contributed by atoms with Gasteiger partial charge in [-0.05, 0) is 55.1 Å². The largest absolute Gasteiger partial charge is 0.384 e. The van der Waals surface area contributed by atoms with Gasteiger partial charge < -0.3 is 4.74 Å². The molecule has 0 saturated heterocycles. The Morgan fingerprint density at radius 3 is 2.42 bits per heavy atom. The highest BCUT2D eigenvalue weighted by Crippen LogP contribution is 2.35. The normalized spacial score (nSPS) is 23.9. The fourth-order valence-electron chi connectivity index (χ4n) is 3.00. The smallest absolute Gasteiger partial charge is 0.0830 e. The van der Waals surface area contributed by atoms with Gasteiger partial charge in [0, 0.05) is 13.7 Å². The van der Waals surface area contributed by atoms with E-state index in [0.29, 0.717) is 18.7 Å². The molecule has 1 saturated carbocycles. The van der Waals surface area contributed by atoms with Gasteiger partial charge >= 0.3 is 0 Å². The van der Waals surface area contributed by atoms with Crippen molar-refractivity contribution in [2.24, 2.45) is 5.92 Å². The van der Waals surface area contributed by atoms with Crippen molar-refractivity contribution in [3.63, 3.8) is 0 Å². The lowest BCUT2D eigenvalue weighted by Crippen LogP contribution is -2.17. The predicted molar refractivity (Wildman–Crippen MR) is 77.0 cm³/mol. The zero-order chi connectivity index (χ0) is 13.5. The van der Waals surface area contributed by atoms with Crippen LogP contribution in [0.2, 0.25) is 0 Å². The first-order valence-electron chi connectivity index (χ1n) is 7.16. The van der Waals surface area contributed by atoms with E-state index in [9.17, 15) is 4.39 Å². The van der Waals surface area contributed by atoms with Crippen LogP contribution in [-0.2, 0) is 11.2 Å². The van der Waals surface area contributed by atoms with Crippen LogP contribution in [-0.4, -0.2) is 13.7 Å². The van der Waals surface area contributed by atoms with Gasteiger partial charge in [0.1, 0.15) is 0 Å². The molecule has 0 bridgehead atoms. The summed E-state index contributed by atoms with van der Waals surface area (Å²) in [5.41, 5.74) is 2.61. The number of ether oxygens (including phenoxy) is 1. The third-order valence-corrected chi connectivity index (χ3v) is 4.14. The standard InChI is InChI=1S/C17H23FO/c1-19-13-15-6-10-17(11-7-15)16-8-4-14(5-9-16)3-2-12-18/h2,4-5,8-9,12,15,17H,3,6-7,10-11,13H2,1H3/t15-,17-. The Labute approximate surface area is 115 Å². The van der Waals surface area contributed by atoms with Crippen LogP contribution in [0.4, 0.5) is 4.39 Å². The van der Waals surface area contributed by atoms with Gasteiger partial charge in [-0.3, -0.25) is 0 Å². The molecule has 1 nitrogen and oxygen atoms in total. The van der Waals surface area contributed by atoms with Crippen LogP contribution in [0.3, 0.4) is 0 Å². The molecule has 0 unspecified atom stereocenters. The van der Waals surface area contributed by atoms with Gasteiger partial charge in [-0.25, -0.2) is 4.39 Å². The Kier molecular flexibility index (Phi) is 5.59. The first-order chi connectivity index (χ1) is 9.33. The second-order valence-electron chi connectivity index (χ2n) is 5.48. The molecule has 19 heavy (non-hydrogen) atoms. The Hall–Kier alpha value is -1.15. The van der Waals surface area contributed by atoms with E-state index in [2.05, 4.69) is 24.3 Å². The number of rotatable bonds is 5. The number of hydrogen-bond donors (Lipinski definition) is 0. The van der Waals surface area contributed by atoms with E-state index in [1.807, 2.05) is 0 Å². The molecule has 2 rings (SSSR count). The molecule has 1 aliphatic rings. The number of allylic oxidation sites excluding steroid dienone is 1. The third kappa shape index (κ3) is 4.17. The molecule has 0 aromatic heterocycles. The van der Waals surface area contributed by atoms with E-state index in [4.69, 9.17) is 4.74 Å².